The quantitative estimate of drug-likeness (QED) is 0.409. The lowest BCUT2D eigenvalue weighted by atomic mass is 9.81. The second-order valence-corrected chi connectivity index (χ2v) is 9.49. The lowest BCUT2D eigenvalue weighted by Gasteiger charge is -2.36. The number of aromatic nitrogens is 1. The molecule has 2 atom stereocenters. The maximum Gasteiger partial charge on any atom is 0.308 e. The van der Waals surface area contributed by atoms with Gasteiger partial charge in [0.15, 0.2) is 0 Å². The summed E-state index contributed by atoms with van der Waals surface area (Å²) < 4.78 is 10.7. The lowest BCUT2D eigenvalue weighted by molar-refractivity contribution is -0.146. The van der Waals surface area contributed by atoms with Crippen molar-refractivity contribution in [1.29, 1.82) is 0 Å². The Morgan fingerprint density at radius 1 is 1.06 bits per heavy atom. The molecular weight excluding hydrogens is 440 g/mol. The molecule has 0 aliphatic carbocycles. The highest BCUT2D eigenvalue weighted by Crippen LogP contribution is 2.30. The molecule has 1 aromatic heterocycles. The van der Waals surface area contributed by atoms with Gasteiger partial charge in [0, 0.05) is 18.1 Å². The summed E-state index contributed by atoms with van der Waals surface area (Å²) in [7, 11) is 3.36. The van der Waals surface area contributed by atoms with E-state index in [1.165, 1.54) is 11.1 Å². The van der Waals surface area contributed by atoms with Gasteiger partial charge in [0.2, 0.25) is 0 Å². The predicted octanol–water partition coefficient (Wildman–Crippen LogP) is 5.23. The molecule has 0 unspecified atom stereocenters. The Morgan fingerprint density at radius 3 is 2.69 bits per heavy atom. The van der Waals surface area contributed by atoms with E-state index in [1.807, 2.05) is 36.5 Å². The van der Waals surface area contributed by atoms with Gasteiger partial charge in [-0.1, -0.05) is 12.1 Å². The summed E-state index contributed by atoms with van der Waals surface area (Å²) in [5.41, 5.74) is 3.47. The Bertz CT molecular complexity index is 1130. The number of piperidine rings is 1. The molecule has 1 aliphatic rings. The van der Waals surface area contributed by atoms with Crippen LogP contribution >= 0.6 is 0 Å². The number of methoxy groups -OCH3 is 2. The first-order valence-corrected chi connectivity index (χ1v) is 12.6. The maximum atomic E-state index is 12.1. The SMILES string of the molecule is COc1cccc(CCCN2CC[C@@H](CCCc3ccnc4ccc(OC)cc34)[C@@H](C(=O)O)C2)c1. The third-order valence-corrected chi connectivity index (χ3v) is 7.29. The molecule has 4 rings (SSSR count). The molecule has 0 radical (unpaired) electrons. The molecule has 2 heterocycles. The largest absolute Gasteiger partial charge is 0.497 e. The Kier molecular flexibility index (Phi) is 8.59. The van der Waals surface area contributed by atoms with E-state index < -0.39 is 5.97 Å². The number of fused-ring (bicyclic) bond motifs is 1. The van der Waals surface area contributed by atoms with Crippen LogP contribution in [-0.4, -0.2) is 54.8 Å². The number of hydrogen-bond donors (Lipinski definition) is 1. The average Bonchev–Trinajstić information content (AvgIpc) is 2.89. The highest BCUT2D eigenvalue weighted by atomic mass is 16.5. The zero-order valence-corrected chi connectivity index (χ0v) is 20.8. The van der Waals surface area contributed by atoms with E-state index in [9.17, 15) is 9.90 Å². The van der Waals surface area contributed by atoms with Crippen LogP contribution in [0.15, 0.2) is 54.7 Å². The van der Waals surface area contributed by atoms with Crippen LogP contribution in [0.1, 0.15) is 36.8 Å². The van der Waals surface area contributed by atoms with Gasteiger partial charge in [0.1, 0.15) is 11.5 Å². The second-order valence-electron chi connectivity index (χ2n) is 9.49. The first-order valence-electron chi connectivity index (χ1n) is 12.6. The first-order chi connectivity index (χ1) is 17.1. The number of likely N-dealkylation sites (tertiary alicyclic amines) is 1. The van der Waals surface area contributed by atoms with Crippen LogP contribution in [0.5, 0.6) is 11.5 Å². The van der Waals surface area contributed by atoms with Gasteiger partial charge >= 0.3 is 5.97 Å². The van der Waals surface area contributed by atoms with Crippen molar-refractivity contribution in [3.8, 4) is 11.5 Å². The molecule has 186 valence electrons. The molecule has 0 amide bonds. The van der Waals surface area contributed by atoms with Gasteiger partial charge in [-0.2, -0.15) is 0 Å². The van der Waals surface area contributed by atoms with Crippen LogP contribution in [0.25, 0.3) is 10.9 Å². The number of aliphatic carboxylic acids is 1. The number of aryl methyl sites for hydroxylation is 2. The maximum absolute atomic E-state index is 12.1. The molecular formula is C29H36N2O4. The number of hydrogen-bond acceptors (Lipinski definition) is 5. The Balaban J connectivity index is 1.28. The third-order valence-electron chi connectivity index (χ3n) is 7.29. The van der Waals surface area contributed by atoms with Crippen molar-refractivity contribution in [3.63, 3.8) is 0 Å². The summed E-state index contributed by atoms with van der Waals surface area (Å²) >= 11 is 0. The van der Waals surface area contributed by atoms with E-state index in [2.05, 4.69) is 28.1 Å². The fourth-order valence-electron chi connectivity index (χ4n) is 5.31. The van der Waals surface area contributed by atoms with Gasteiger partial charge in [0.25, 0.3) is 0 Å². The van der Waals surface area contributed by atoms with Gasteiger partial charge in [-0.15, -0.1) is 0 Å². The number of ether oxygens (including phenoxy) is 2. The summed E-state index contributed by atoms with van der Waals surface area (Å²) in [6, 6.07) is 16.2. The number of carbonyl (C=O) groups is 1. The van der Waals surface area contributed by atoms with Gasteiger partial charge < -0.3 is 19.5 Å². The predicted molar refractivity (Wildman–Crippen MR) is 138 cm³/mol. The van der Waals surface area contributed by atoms with Crippen molar-refractivity contribution in [2.24, 2.45) is 11.8 Å². The van der Waals surface area contributed by atoms with E-state index >= 15 is 0 Å². The second kappa shape index (κ2) is 12.0. The smallest absolute Gasteiger partial charge is 0.308 e. The molecule has 6 heteroatoms. The molecule has 1 fully saturated rings. The van der Waals surface area contributed by atoms with Gasteiger partial charge in [-0.3, -0.25) is 9.78 Å². The van der Waals surface area contributed by atoms with Crippen LogP contribution in [0.2, 0.25) is 0 Å². The fraction of sp³-hybridized carbons (Fsp3) is 0.448. The molecule has 1 N–H and O–H groups in total. The topological polar surface area (TPSA) is 71.9 Å². The number of carboxylic acids is 1. The van der Waals surface area contributed by atoms with Gasteiger partial charge in [-0.25, -0.2) is 0 Å². The number of pyridine rings is 1. The number of nitrogens with zero attached hydrogens (tertiary/aromatic N) is 2. The minimum absolute atomic E-state index is 0.227. The van der Waals surface area contributed by atoms with E-state index in [-0.39, 0.29) is 11.8 Å². The Morgan fingerprint density at radius 2 is 1.89 bits per heavy atom. The summed E-state index contributed by atoms with van der Waals surface area (Å²) in [4.78, 5) is 18.9. The van der Waals surface area contributed by atoms with Crippen LogP contribution in [0.3, 0.4) is 0 Å². The zero-order valence-electron chi connectivity index (χ0n) is 20.8. The summed E-state index contributed by atoms with van der Waals surface area (Å²) in [5, 5.41) is 11.1. The molecule has 1 aliphatic heterocycles. The Labute approximate surface area is 207 Å². The van der Waals surface area contributed by atoms with Crippen molar-refractivity contribution in [3.05, 3.63) is 65.9 Å². The Hall–Kier alpha value is -3.12. The molecule has 0 spiro atoms. The molecule has 0 saturated carbocycles. The van der Waals surface area contributed by atoms with Crippen molar-refractivity contribution >= 4 is 16.9 Å². The molecule has 35 heavy (non-hydrogen) atoms. The average molecular weight is 477 g/mol. The monoisotopic (exact) mass is 476 g/mol. The number of rotatable bonds is 11. The zero-order chi connectivity index (χ0) is 24.6. The summed E-state index contributed by atoms with van der Waals surface area (Å²) in [6.07, 6.45) is 7.61. The first kappa shape index (κ1) is 25.0. The van der Waals surface area contributed by atoms with Crippen LogP contribution in [0, 0.1) is 11.8 Å². The number of benzene rings is 2. The highest BCUT2D eigenvalue weighted by Gasteiger charge is 2.33. The van der Waals surface area contributed by atoms with E-state index in [0.29, 0.717) is 6.54 Å². The molecule has 1 saturated heterocycles. The standard InChI is InChI=1S/C29H36N2O4/c1-34-24-10-3-6-21(18-24)7-5-16-31-17-14-23(27(20-31)29(32)33)9-4-8-22-13-15-30-28-12-11-25(35-2)19-26(22)28/h3,6,10-13,15,18-19,23,27H,4-5,7-9,14,16-17,20H2,1-2H3,(H,32,33)/t23-,27+/m1/s1. The van der Waals surface area contributed by atoms with Crippen LogP contribution < -0.4 is 9.47 Å². The minimum Gasteiger partial charge on any atom is -0.497 e. The van der Waals surface area contributed by atoms with E-state index in [1.54, 1.807) is 14.2 Å². The number of carboxylic acid groups (broad SMARTS) is 1. The van der Waals surface area contributed by atoms with Crippen molar-refractivity contribution < 1.29 is 19.4 Å². The van der Waals surface area contributed by atoms with Crippen LogP contribution in [0.4, 0.5) is 0 Å². The van der Waals surface area contributed by atoms with Gasteiger partial charge in [0.05, 0.1) is 25.7 Å². The molecule has 6 nitrogen and oxygen atoms in total. The molecule has 0 bridgehead atoms. The molecule has 2 aromatic carbocycles. The van der Waals surface area contributed by atoms with E-state index in [0.717, 1.165) is 74.0 Å². The van der Waals surface area contributed by atoms with Crippen molar-refractivity contribution in [2.45, 2.75) is 38.5 Å². The van der Waals surface area contributed by atoms with E-state index in [4.69, 9.17) is 9.47 Å². The van der Waals surface area contributed by atoms with Crippen LogP contribution in [-0.2, 0) is 17.6 Å². The molecule has 3 aromatic rings. The van der Waals surface area contributed by atoms with Crippen molar-refractivity contribution in [2.75, 3.05) is 33.9 Å². The van der Waals surface area contributed by atoms with Gasteiger partial charge in [-0.05, 0) is 105 Å². The minimum atomic E-state index is -0.661. The lowest BCUT2D eigenvalue weighted by Crippen LogP contribution is -2.44. The third kappa shape index (κ3) is 6.51. The summed E-state index contributed by atoms with van der Waals surface area (Å²) in [6.45, 7) is 2.55. The fourth-order valence-corrected chi connectivity index (χ4v) is 5.31. The highest BCUT2D eigenvalue weighted by molar-refractivity contribution is 5.83. The normalized spacial score (nSPS) is 18.5. The summed E-state index contributed by atoms with van der Waals surface area (Å²) in [5.74, 6) is 0.982. The van der Waals surface area contributed by atoms with Crippen molar-refractivity contribution in [1.82, 2.24) is 9.88 Å².